The van der Waals surface area contributed by atoms with Gasteiger partial charge in [0.25, 0.3) is 0 Å². The third kappa shape index (κ3) is 3.04. The third-order valence-electron chi connectivity index (χ3n) is 3.68. The van der Waals surface area contributed by atoms with Gasteiger partial charge >= 0.3 is 0 Å². The molecule has 0 radical (unpaired) electrons. The van der Waals surface area contributed by atoms with Crippen LogP contribution in [0.2, 0.25) is 0 Å². The Labute approximate surface area is 113 Å². The maximum Gasteiger partial charge on any atom is 0.222 e. The van der Waals surface area contributed by atoms with Gasteiger partial charge in [-0.3, -0.25) is 4.79 Å². The van der Waals surface area contributed by atoms with Crippen LogP contribution in [0.5, 0.6) is 0 Å². The fourth-order valence-electron chi connectivity index (χ4n) is 2.56. The van der Waals surface area contributed by atoms with Crippen LogP contribution in [0.3, 0.4) is 0 Å². The molecule has 104 valence electrons. The first-order chi connectivity index (χ1) is 9.13. The molecular formula is C14H21N3O2. The van der Waals surface area contributed by atoms with Crippen molar-refractivity contribution in [2.24, 2.45) is 5.92 Å². The molecule has 0 aromatic carbocycles. The highest BCUT2D eigenvalue weighted by atomic mass is 16.3. The van der Waals surface area contributed by atoms with E-state index in [0.29, 0.717) is 0 Å². The zero-order valence-corrected chi connectivity index (χ0v) is 11.5. The molecule has 2 N–H and O–H groups in total. The standard InChI is InChI=1S/C14H21N3O2/c1-10(18)12-4-3-7-16-13(12)17-8-5-11(6-9-17)14(19)15-2/h3-4,7,10-11,18H,5-6,8-9H2,1-2H3,(H,15,19). The first-order valence-corrected chi connectivity index (χ1v) is 6.73. The Hall–Kier alpha value is -1.62. The van der Waals surface area contributed by atoms with Crippen LogP contribution in [0.4, 0.5) is 5.82 Å². The number of carbonyl (C=O) groups excluding carboxylic acids is 1. The Bertz CT molecular complexity index is 440. The minimum atomic E-state index is -0.527. The number of nitrogens with zero attached hydrogens (tertiary/aromatic N) is 2. The summed E-state index contributed by atoms with van der Waals surface area (Å²) < 4.78 is 0. The summed E-state index contributed by atoms with van der Waals surface area (Å²) in [6.45, 7) is 3.35. The van der Waals surface area contributed by atoms with Crippen molar-refractivity contribution < 1.29 is 9.90 Å². The largest absolute Gasteiger partial charge is 0.389 e. The summed E-state index contributed by atoms with van der Waals surface area (Å²) in [6.07, 6.45) is 2.87. The third-order valence-corrected chi connectivity index (χ3v) is 3.68. The van der Waals surface area contributed by atoms with E-state index in [2.05, 4.69) is 15.2 Å². The van der Waals surface area contributed by atoms with Gasteiger partial charge in [-0.2, -0.15) is 0 Å². The number of aromatic nitrogens is 1. The van der Waals surface area contributed by atoms with Gasteiger partial charge in [0, 0.05) is 37.8 Å². The molecule has 1 saturated heterocycles. The normalized spacial score (nSPS) is 18.2. The lowest BCUT2D eigenvalue weighted by Crippen LogP contribution is -2.40. The number of nitrogens with one attached hydrogen (secondary N) is 1. The molecule has 1 fully saturated rings. The highest BCUT2D eigenvalue weighted by molar-refractivity contribution is 5.78. The second-order valence-electron chi connectivity index (χ2n) is 4.97. The Morgan fingerprint density at radius 3 is 2.79 bits per heavy atom. The molecule has 1 amide bonds. The van der Waals surface area contributed by atoms with E-state index in [1.165, 1.54) is 0 Å². The number of aliphatic hydroxyl groups is 1. The fraction of sp³-hybridized carbons (Fsp3) is 0.571. The zero-order valence-electron chi connectivity index (χ0n) is 11.5. The van der Waals surface area contributed by atoms with Crippen LogP contribution in [0.25, 0.3) is 0 Å². The molecule has 0 spiro atoms. The summed E-state index contributed by atoms with van der Waals surface area (Å²) in [5.74, 6) is 1.06. The van der Waals surface area contributed by atoms with Crippen LogP contribution in [-0.2, 0) is 4.79 Å². The van der Waals surface area contributed by atoms with Crippen molar-refractivity contribution in [2.75, 3.05) is 25.0 Å². The van der Waals surface area contributed by atoms with Crippen LogP contribution >= 0.6 is 0 Å². The van der Waals surface area contributed by atoms with Crippen molar-refractivity contribution in [3.63, 3.8) is 0 Å². The van der Waals surface area contributed by atoms with Gasteiger partial charge in [-0.1, -0.05) is 6.07 Å². The quantitative estimate of drug-likeness (QED) is 0.857. The number of piperidine rings is 1. The van der Waals surface area contributed by atoms with Gasteiger partial charge in [-0.05, 0) is 25.8 Å². The Balaban J connectivity index is 2.08. The van der Waals surface area contributed by atoms with Crippen LogP contribution in [0.15, 0.2) is 18.3 Å². The molecule has 1 atom stereocenters. The number of rotatable bonds is 3. The smallest absolute Gasteiger partial charge is 0.222 e. The molecule has 0 bridgehead atoms. The van der Waals surface area contributed by atoms with Gasteiger partial charge in [0.05, 0.1) is 6.10 Å². The van der Waals surface area contributed by atoms with Crippen molar-refractivity contribution in [2.45, 2.75) is 25.9 Å². The maximum absolute atomic E-state index is 11.6. The number of amides is 1. The summed E-state index contributed by atoms with van der Waals surface area (Å²) in [5.41, 5.74) is 0.848. The number of hydrogen-bond donors (Lipinski definition) is 2. The second kappa shape index (κ2) is 6.02. The van der Waals surface area contributed by atoms with E-state index in [-0.39, 0.29) is 11.8 Å². The van der Waals surface area contributed by atoms with E-state index in [0.717, 1.165) is 37.3 Å². The van der Waals surface area contributed by atoms with E-state index < -0.39 is 6.10 Å². The number of carbonyl (C=O) groups is 1. The molecule has 0 saturated carbocycles. The highest BCUT2D eigenvalue weighted by Gasteiger charge is 2.26. The maximum atomic E-state index is 11.6. The Kier molecular flexibility index (Phi) is 4.37. The summed E-state index contributed by atoms with van der Waals surface area (Å²) in [7, 11) is 1.68. The monoisotopic (exact) mass is 263 g/mol. The number of hydrogen-bond acceptors (Lipinski definition) is 4. The molecule has 1 aromatic heterocycles. The molecule has 1 aliphatic rings. The molecule has 2 heterocycles. The minimum absolute atomic E-state index is 0.0972. The molecule has 0 aliphatic carbocycles. The van der Waals surface area contributed by atoms with Gasteiger partial charge in [0.15, 0.2) is 0 Å². The average molecular weight is 263 g/mol. The number of anilines is 1. The van der Waals surface area contributed by atoms with Gasteiger partial charge in [0.1, 0.15) is 5.82 Å². The molecular weight excluding hydrogens is 242 g/mol. The van der Waals surface area contributed by atoms with Crippen LogP contribution in [0.1, 0.15) is 31.4 Å². The van der Waals surface area contributed by atoms with Crippen LogP contribution < -0.4 is 10.2 Å². The predicted molar refractivity (Wildman–Crippen MR) is 73.9 cm³/mol. The number of aliphatic hydroxyl groups excluding tert-OH is 1. The predicted octanol–water partition coefficient (Wildman–Crippen LogP) is 1.10. The van der Waals surface area contributed by atoms with Crippen LogP contribution in [-0.4, -0.2) is 36.1 Å². The van der Waals surface area contributed by atoms with Crippen molar-refractivity contribution in [3.05, 3.63) is 23.9 Å². The fourth-order valence-corrected chi connectivity index (χ4v) is 2.56. The lowest BCUT2D eigenvalue weighted by atomic mass is 9.95. The zero-order chi connectivity index (χ0) is 13.8. The number of pyridine rings is 1. The lowest BCUT2D eigenvalue weighted by Gasteiger charge is -2.33. The molecule has 1 aromatic rings. The van der Waals surface area contributed by atoms with Gasteiger partial charge in [-0.25, -0.2) is 4.98 Å². The molecule has 1 unspecified atom stereocenters. The minimum Gasteiger partial charge on any atom is -0.389 e. The summed E-state index contributed by atoms with van der Waals surface area (Å²) in [4.78, 5) is 18.1. The van der Waals surface area contributed by atoms with Crippen molar-refractivity contribution in [3.8, 4) is 0 Å². The lowest BCUT2D eigenvalue weighted by molar-refractivity contribution is -0.125. The first-order valence-electron chi connectivity index (χ1n) is 6.73. The second-order valence-corrected chi connectivity index (χ2v) is 4.97. The average Bonchev–Trinajstić information content (AvgIpc) is 2.46. The summed E-state index contributed by atoms with van der Waals surface area (Å²) >= 11 is 0. The molecule has 19 heavy (non-hydrogen) atoms. The van der Waals surface area contributed by atoms with E-state index in [1.807, 2.05) is 12.1 Å². The van der Waals surface area contributed by atoms with E-state index in [1.54, 1.807) is 20.2 Å². The van der Waals surface area contributed by atoms with Crippen molar-refractivity contribution >= 4 is 11.7 Å². The topological polar surface area (TPSA) is 65.5 Å². The van der Waals surface area contributed by atoms with Gasteiger partial charge < -0.3 is 15.3 Å². The van der Waals surface area contributed by atoms with E-state index >= 15 is 0 Å². The van der Waals surface area contributed by atoms with Crippen molar-refractivity contribution in [1.29, 1.82) is 0 Å². The van der Waals surface area contributed by atoms with Gasteiger partial charge in [-0.15, -0.1) is 0 Å². The summed E-state index contributed by atoms with van der Waals surface area (Å²) in [6, 6.07) is 3.74. The molecule has 5 nitrogen and oxygen atoms in total. The molecule has 5 heteroatoms. The Morgan fingerprint density at radius 1 is 1.53 bits per heavy atom. The van der Waals surface area contributed by atoms with E-state index in [9.17, 15) is 9.90 Å². The Morgan fingerprint density at radius 2 is 2.21 bits per heavy atom. The van der Waals surface area contributed by atoms with Crippen molar-refractivity contribution in [1.82, 2.24) is 10.3 Å². The van der Waals surface area contributed by atoms with E-state index in [4.69, 9.17) is 0 Å². The van der Waals surface area contributed by atoms with Gasteiger partial charge in [0.2, 0.25) is 5.91 Å². The first kappa shape index (κ1) is 13.8. The molecule has 2 rings (SSSR count). The molecule has 1 aliphatic heterocycles. The highest BCUT2D eigenvalue weighted by Crippen LogP contribution is 2.27. The summed E-state index contributed by atoms with van der Waals surface area (Å²) in [5, 5.41) is 12.5. The van der Waals surface area contributed by atoms with Crippen LogP contribution in [0, 0.1) is 5.92 Å². The SMILES string of the molecule is CNC(=O)C1CCN(c2ncccc2C(C)O)CC1.